The number of benzene rings is 3. The molecule has 1 saturated carbocycles. The van der Waals surface area contributed by atoms with Gasteiger partial charge in [0.1, 0.15) is 4.83 Å². The minimum Gasteiger partial charge on any atom is -0.266 e. The van der Waals surface area contributed by atoms with Crippen LogP contribution in [0.3, 0.4) is 0 Å². The number of carbonyl (C=O) groups excluding carboxylic acids is 1. The summed E-state index contributed by atoms with van der Waals surface area (Å²) in [7, 11) is 0. The number of aryl methyl sites for hydroxylation is 1. The fourth-order valence-corrected chi connectivity index (χ4v) is 7.59. The predicted molar refractivity (Wildman–Crippen MR) is 173 cm³/mol. The Kier molecular flexibility index (Phi) is 7.01. The van der Waals surface area contributed by atoms with Crippen LogP contribution < -0.4 is 0 Å². The van der Waals surface area contributed by atoms with E-state index in [0.717, 1.165) is 51.3 Å². The number of fused-ring (bicyclic) bond motifs is 2. The van der Waals surface area contributed by atoms with Crippen LogP contribution in [0.4, 0.5) is 0 Å². The van der Waals surface area contributed by atoms with E-state index in [4.69, 9.17) is 33.4 Å². The van der Waals surface area contributed by atoms with Crippen molar-refractivity contribution >= 4 is 62.5 Å². The quantitative estimate of drug-likeness (QED) is 0.203. The topological polar surface area (TPSA) is 50.5 Å². The lowest BCUT2D eigenvalue weighted by Crippen LogP contribution is -2.33. The lowest BCUT2D eigenvalue weighted by Gasteiger charge is -2.32. The number of thiophene rings is 1. The van der Waals surface area contributed by atoms with E-state index in [1.165, 1.54) is 16.9 Å². The predicted octanol–water partition coefficient (Wildman–Crippen LogP) is 9.39. The maximum atomic E-state index is 14.4. The molecular formula is C34H28Cl2N4OS. The first-order valence-electron chi connectivity index (χ1n) is 14.0. The van der Waals surface area contributed by atoms with Crippen molar-refractivity contribution in [3.05, 3.63) is 122 Å². The lowest BCUT2D eigenvalue weighted by atomic mass is 9.73. The maximum Gasteiger partial charge on any atom is 0.284 e. The average molecular weight is 612 g/mol. The molecule has 1 aliphatic heterocycles. The van der Waals surface area contributed by atoms with E-state index in [9.17, 15) is 4.79 Å². The minimum absolute atomic E-state index is 0.0772. The van der Waals surface area contributed by atoms with Crippen molar-refractivity contribution in [2.24, 2.45) is 16.9 Å². The van der Waals surface area contributed by atoms with Crippen LogP contribution in [0.5, 0.6) is 0 Å². The van der Waals surface area contributed by atoms with Crippen LogP contribution in [0.2, 0.25) is 10.0 Å². The van der Waals surface area contributed by atoms with Gasteiger partial charge >= 0.3 is 0 Å². The van der Waals surface area contributed by atoms with Crippen molar-refractivity contribution < 1.29 is 4.79 Å². The highest BCUT2D eigenvalue weighted by Gasteiger charge is 2.45. The van der Waals surface area contributed by atoms with Crippen LogP contribution >= 0.6 is 34.5 Å². The zero-order chi connectivity index (χ0) is 29.0. The van der Waals surface area contributed by atoms with Gasteiger partial charge in [-0.25, -0.2) is 9.69 Å². The van der Waals surface area contributed by atoms with Crippen LogP contribution in [-0.4, -0.2) is 26.4 Å². The number of para-hydroxylation sites is 1. The molecule has 3 heterocycles. The smallest absolute Gasteiger partial charge is 0.266 e. The van der Waals surface area contributed by atoms with Gasteiger partial charge in [0.2, 0.25) is 0 Å². The van der Waals surface area contributed by atoms with Gasteiger partial charge in [0.05, 0.1) is 28.0 Å². The van der Waals surface area contributed by atoms with Gasteiger partial charge in [-0.15, -0.1) is 11.3 Å². The molecule has 5 nitrogen and oxygen atoms in total. The number of hydrazone groups is 1. The number of carbonyl (C=O) groups is 1. The van der Waals surface area contributed by atoms with Crippen molar-refractivity contribution in [1.82, 2.24) is 14.8 Å². The van der Waals surface area contributed by atoms with Crippen LogP contribution in [-0.2, 0) is 0 Å². The number of amides is 1. The fraction of sp³-hybridized carbons (Fsp3) is 0.206. The van der Waals surface area contributed by atoms with Crippen molar-refractivity contribution in [3.63, 3.8) is 0 Å². The lowest BCUT2D eigenvalue weighted by molar-refractivity contribution is 0.0681. The molecule has 210 valence electrons. The highest BCUT2D eigenvalue weighted by atomic mass is 35.5. The molecule has 2 aliphatic rings. The number of hydrogen-bond acceptors (Lipinski definition) is 4. The molecule has 42 heavy (non-hydrogen) atoms. The monoisotopic (exact) mass is 610 g/mol. The zero-order valence-corrected chi connectivity index (χ0v) is 25.5. The summed E-state index contributed by atoms with van der Waals surface area (Å²) in [5, 5.41) is 13.9. The van der Waals surface area contributed by atoms with Crippen LogP contribution in [0, 0.1) is 18.8 Å². The molecule has 2 aromatic heterocycles. The summed E-state index contributed by atoms with van der Waals surface area (Å²) in [6, 6.07) is 27.5. The molecule has 0 N–H and O–H groups in total. The first-order chi connectivity index (χ1) is 20.4. The van der Waals surface area contributed by atoms with Gasteiger partial charge in [-0.3, -0.25) is 4.79 Å². The van der Waals surface area contributed by atoms with E-state index in [1.807, 2.05) is 96.5 Å². The van der Waals surface area contributed by atoms with Gasteiger partial charge in [0.15, 0.2) is 0 Å². The highest BCUT2D eigenvalue weighted by molar-refractivity contribution is 7.20. The number of hydrogen-bond donors (Lipinski definition) is 0. The second kappa shape index (κ2) is 10.8. The van der Waals surface area contributed by atoms with Crippen molar-refractivity contribution in [2.75, 3.05) is 0 Å². The van der Waals surface area contributed by atoms with E-state index >= 15 is 0 Å². The second-order valence-electron chi connectivity index (χ2n) is 11.2. The van der Waals surface area contributed by atoms with Gasteiger partial charge in [-0.2, -0.15) is 10.2 Å². The van der Waals surface area contributed by atoms with E-state index in [-0.39, 0.29) is 17.9 Å². The van der Waals surface area contributed by atoms with E-state index in [1.54, 1.807) is 5.01 Å². The normalized spacial score (nSPS) is 21.1. The first kappa shape index (κ1) is 27.1. The molecule has 1 fully saturated rings. The molecule has 3 aromatic carbocycles. The molecule has 5 aromatic rings. The molecule has 0 saturated heterocycles. The van der Waals surface area contributed by atoms with E-state index < -0.39 is 0 Å². The molecule has 0 bridgehead atoms. The number of nitrogens with zero attached hydrogens (tertiary/aromatic N) is 4. The van der Waals surface area contributed by atoms with Gasteiger partial charge in [-0.1, -0.05) is 72.6 Å². The summed E-state index contributed by atoms with van der Waals surface area (Å²) in [5.41, 5.74) is 6.12. The summed E-state index contributed by atoms with van der Waals surface area (Å²) >= 11 is 13.9. The molecule has 3 unspecified atom stereocenters. The molecule has 0 radical (unpaired) electrons. The van der Waals surface area contributed by atoms with Crippen LogP contribution in [0.25, 0.3) is 22.0 Å². The van der Waals surface area contributed by atoms with Crippen molar-refractivity contribution in [1.29, 1.82) is 0 Å². The Balaban J connectivity index is 1.33. The Labute approximate surface area is 258 Å². The Bertz CT molecular complexity index is 1860. The van der Waals surface area contributed by atoms with Gasteiger partial charge in [0.25, 0.3) is 5.91 Å². The van der Waals surface area contributed by atoms with E-state index in [2.05, 4.69) is 13.0 Å². The third-order valence-electron chi connectivity index (χ3n) is 8.15. The largest absolute Gasteiger partial charge is 0.284 e. The first-order valence-corrected chi connectivity index (χ1v) is 15.6. The molecule has 7 rings (SSSR count). The minimum atomic E-state index is -0.224. The Morgan fingerprint density at radius 2 is 1.67 bits per heavy atom. The summed E-state index contributed by atoms with van der Waals surface area (Å²) in [4.78, 5) is 16.0. The standard InChI is InChI=1S/C34H28Cl2N4OS/c1-20-16-24(18-22-8-12-25(35)13-9-22)31-29(17-20)32(23-10-14-26(36)15-11-23)40(38-31)33(41)30-19-28-21(2)37-39(34(28)42-30)27-6-4-3-5-7-27/h3-15,18-20,29,32H,16-17H2,1-2H3. The van der Waals surface area contributed by atoms with Gasteiger partial charge in [0, 0.05) is 21.3 Å². The third-order valence-corrected chi connectivity index (χ3v) is 9.75. The van der Waals surface area contributed by atoms with Crippen molar-refractivity contribution in [3.8, 4) is 5.69 Å². The summed E-state index contributed by atoms with van der Waals surface area (Å²) < 4.78 is 1.92. The summed E-state index contributed by atoms with van der Waals surface area (Å²) in [6.45, 7) is 4.26. The molecule has 0 spiro atoms. The molecule has 1 amide bonds. The summed E-state index contributed by atoms with van der Waals surface area (Å²) in [6.07, 6.45) is 4.05. The Morgan fingerprint density at radius 3 is 2.38 bits per heavy atom. The zero-order valence-electron chi connectivity index (χ0n) is 23.2. The molecule has 8 heteroatoms. The Hall–Kier alpha value is -3.71. The SMILES string of the molecule is Cc1nn(-c2ccccc2)c2sc(C(=O)N3N=C4C(=Cc5ccc(Cl)cc5)CC(C)CC4C3c3ccc(Cl)cc3)cc12. The fourth-order valence-electron chi connectivity index (χ4n) is 6.22. The number of halogens is 2. The molecular weight excluding hydrogens is 583 g/mol. The van der Waals surface area contributed by atoms with Gasteiger partial charge < -0.3 is 0 Å². The maximum absolute atomic E-state index is 14.4. The summed E-state index contributed by atoms with van der Waals surface area (Å²) in [5.74, 6) is 0.421. The second-order valence-corrected chi connectivity index (χ2v) is 13.1. The third kappa shape index (κ3) is 4.87. The number of aromatic nitrogens is 2. The average Bonchev–Trinajstić information content (AvgIpc) is 3.68. The van der Waals surface area contributed by atoms with Crippen molar-refractivity contribution in [2.45, 2.75) is 32.7 Å². The Morgan fingerprint density at radius 1 is 0.976 bits per heavy atom. The number of rotatable bonds is 4. The number of allylic oxidation sites excluding steroid dienone is 1. The molecule has 3 atom stereocenters. The van der Waals surface area contributed by atoms with Gasteiger partial charge in [-0.05, 0) is 90.9 Å². The van der Waals surface area contributed by atoms with Crippen LogP contribution in [0.15, 0.2) is 95.6 Å². The van der Waals surface area contributed by atoms with Crippen LogP contribution in [0.1, 0.15) is 52.3 Å². The highest BCUT2D eigenvalue weighted by Crippen LogP contribution is 2.47. The van der Waals surface area contributed by atoms with E-state index in [0.29, 0.717) is 20.8 Å². The molecule has 1 aliphatic carbocycles.